The molecule has 0 spiro atoms. The van der Waals surface area contributed by atoms with Crippen molar-refractivity contribution in [3.05, 3.63) is 66.9 Å². The van der Waals surface area contributed by atoms with Gasteiger partial charge in [-0.2, -0.15) is 5.10 Å². The first-order valence-electron chi connectivity index (χ1n) is 9.30. The number of hydrogen-bond acceptors (Lipinski definition) is 4. The van der Waals surface area contributed by atoms with Gasteiger partial charge in [0.2, 0.25) is 5.91 Å². The lowest BCUT2D eigenvalue weighted by Crippen LogP contribution is -2.44. The van der Waals surface area contributed by atoms with E-state index in [1.54, 1.807) is 29.4 Å². The number of methoxy groups -OCH3 is 1. The molecule has 2 aromatic heterocycles. The van der Waals surface area contributed by atoms with Gasteiger partial charge < -0.3 is 9.64 Å². The smallest absolute Gasteiger partial charge is 0.246 e. The molecule has 0 saturated carbocycles. The van der Waals surface area contributed by atoms with Crippen LogP contribution in [-0.4, -0.2) is 38.7 Å². The van der Waals surface area contributed by atoms with Gasteiger partial charge in [0.05, 0.1) is 25.9 Å². The van der Waals surface area contributed by atoms with E-state index in [1.165, 1.54) is 19.3 Å². The Hall–Kier alpha value is -3.48. The lowest BCUT2D eigenvalue weighted by Gasteiger charge is -2.33. The van der Waals surface area contributed by atoms with E-state index in [2.05, 4.69) is 11.6 Å². The maximum absolute atomic E-state index is 14.9. The SMILES string of the molecule is C=CC(=O)N1Cc2c(-c3ccncc3)c(-c3ccc(OC)cc3F)nn2C[C@H]1C. The first-order chi connectivity index (χ1) is 14.0. The zero-order valence-corrected chi connectivity index (χ0v) is 16.3. The van der Waals surface area contributed by atoms with E-state index < -0.39 is 5.82 Å². The van der Waals surface area contributed by atoms with E-state index in [0.717, 1.165) is 16.8 Å². The summed E-state index contributed by atoms with van der Waals surface area (Å²) in [7, 11) is 1.50. The number of amides is 1. The predicted octanol–water partition coefficient (Wildman–Crippen LogP) is 3.68. The van der Waals surface area contributed by atoms with Crippen LogP contribution in [-0.2, 0) is 17.9 Å². The maximum Gasteiger partial charge on any atom is 0.246 e. The first-order valence-corrected chi connectivity index (χ1v) is 9.30. The molecule has 6 nitrogen and oxygen atoms in total. The molecular formula is C22H21FN4O2. The molecule has 0 saturated heterocycles. The van der Waals surface area contributed by atoms with E-state index in [0.29, 0.717) is 30.1 Å². The van der Waals surface area contributed by atoms with Gasteiger partial charge in [-0.3, -0.25) is 14.5 Å². The third-order valence-electron chi connectivity index (χ3n) is 5.21. The van der Waals surface area contributed by atoms with Crippen molar-refractivity contribution in [2.45, 2.75) is 26.1 Å². The van der Waals surface area contributed by atoms with Gasteiger partial charge in [0, 0.05) is 35.6 Å². The number of benzene rings is 1. The number of fused-ring (bicyclic) bond motifs is 1. The van der Waals surface area contributed by atoms with Gasteiger partial charge >= 0.3 is 0 Å². The average Bonchev–Trinajstić information content (AvgIpc) is 3.10. The zero-order valence-electron chi connectivity index (χ0n) is 16.3. The van der Waals surface area contributed by atoms with Crippen LogP contribution in [0.15, 0.2) is 55.4 Å². The molecule has 1 amide bonds. The topological polar surface area (TPSA) is 60.3 Å². The van der Waals surface area contributed by atoms with Crippen molar-refractivity contribution in [1.29, 1.82) is 0 Å². The molecule has 0 unspecified atom stereocenters. The van der Waals surface area contributed by atoms with E-state index in [-0.39, 0.29) is 11.9 Å². The van der Waals surface area contributed by atoms with Crippen LogP contribution in [0.3, 0.4) is 0 Å². The molecule has 148 valence electrons. The Balaban J connectivity index is 1.92. The van der Waals surface area contributed by atoms with Crippen LogP contribution >= 0.6 is 0 Å². The normalized spacial score (nSPS) is 15.7. The van der Waals surface area contributed by atoms with Crippen molar-refractivity contribution in [2.75, 3.05) is 7.11 Å². The van der Waals surface area contributed by atoms with Crippen LogP contribution in [0, 0.1) is 5.82 Å². The van der Waals surface area contributed by atoms with Crippen LogP contribution in [0.2, 0.25) is 0 Å². The number of halogens is 1. The minimum atomic E-state index is -0.415. The molecule has 0 fully saturated rings. The van der Waals surface area contributed by atoms with Crippen molar-refractivity contribution in [3.8, 4) is 28.1 Å². The Morgan fingerprint density at radius 3 is 2.72 bits per heavy atom. The number of carbonyl (C=O) groups excluding carboxylic acids is 1. The molecule has 3 heterocycles. The van der Waals surface area contributed by atoms with Gasteiger partial charge in [0.1, 0.15) is 17.3 Å². The molecule has 1 aliphatic rings. The Bertz CT molecular complexity index is 1080. The van der Waals surface area contributed by atoms with Crippen molar-refractivity contribution in [1.82, 2.24) is 19.7 Å². The molecule has 0 bridgehead atoms. The number of rotatable bonds is 4. The monoisotopic (exact) mass is 392 g/mol. The molecule has 1 aliphatic heterocycles. The minimum Gasteiger partial charge on any atom is -0.497 e. The number of aromatic nitrogens is 3. The summed E-state index contributed by atoms with van der Waals surface area (Å²) in [6.45, 7) is 6.46. The fraction of sp³-hybridized carbons (Fsp3) is 0.227. The Kier molecular flexibility index (Phi) is 4.88. The molecule has 1 aromatic carbocycles. The summed E-state index contributed by atoms with van der Waals surface area (Å²) in [4.78, 5) is 18.2. The summed E-state index contributed by atoms with van der Waals surface area (Å²) in [5.74, 6) is -0.109. The Morgan fingerprint density at radius 1 is 1.31 bits per heavy atom. The molecule has 0 N–H and O–H groups in total. The number of hydrogen-bond donors (Lipinski definition) is 0. The molecule has 0 aliphatic carbocycles. The summed E-state index contributed by atoms with van der Waals surface area (Å²) in [6, 6.07) is 8.40. The first kappa shape index (κ1) is 18.9. The number of carbonyl (C=O) groups is 1. The van der Waals surface area contributed by atoms with Crippen molar-refractivity contribution >= 4 is 5.91 Å². The van der Waals surface area contributed by atoms with Crippen LogP contribution in [0.25, 0.3) is 22.4 Å². The van der Waals surface area contributed by atoms with Gasteiger partial charge in [-0.15, -0.1) is 0 Å². The third kappa shape index (κ3) is 3.29. The highest BCUT2D eigenvalue weighted by Gasteiger charge is 2.31. The second-order valence-electron chi connectivity index (χ2n) is 6.95. The summed E-state index contributed by atoms with van der Waals surface area (Å²) >= 11 is 0. The van der Waals surface area contributed by atoms with E-state index in [1.807, 2.05) is 23.7 Å². The largest absolute Gasteiger partial charge is 0.497 e. The quantitative estimate of drug-likeness (QED) is 0.636. The van der Waals surface area contributed by atoms with Crippen LogP contribution in [0.4, 0.5) is 4.39 Å². The number of pyridine rings is 1. The zero-order chi connectivity index (χ0) is 20.5. The van der Waals surface area contributed by atoms with Crippen LogP contribution in [0.5, 0.6) is 5.75 Å². The highest BCUT2D eigenvalue weighted by molar-refractivity contribution is 5.88. The highest BCUT2D eigenvalue weighted by atomic mass is 19.1. The summed E-state index contributed by atoms with van der Waals surface area (Å²) in [5.41, 5.74) is 3.44. The summed E-state index contributed by atoms with van der Waals surface area (Å²) in [5, 5.41) is 4.74. The second kappa shape index (κ2) is 7.50. The molecule has 4 rings (SSSR count). The van der Waals surface area contributed by atoms with Crippen molar-refractivity contribution in [3.63, 3.8) is 0 Å². The van der Waals surface area contributed by atoms with Gasteiger partial charge in [-0.25, -0.2) is 4.39 Å². The standard InChI is InChI=1S/C22H21FN4O2/c1-4-20(28)26-13-19-21(15-7-9-24-10-8-15)22(25-27(19)12-14(26)2)17-6-5-16(29-3)11-18(17)23/h4-11,14H,1,12-13H2,2-3H3/t14-/m1/s1. The van der Waals surface area contributed by atoms with Gasteiger partial charge in [-0.05, 0) is 42.8 Å². The van der Waals surface area contributed by atoms with Gasteiger partial charge in [-0.1, -0.05) is 6.58 Å². The Labute approximate surface area is 168 Å². The highest BCUT2D eigenvalue weighted by Crippen LogP contribution is 2.38. The molecular weight excluding hydrogens is 371 g/mol. The average molecular weight is 392 g/mol. The number of ether oxygens (including phenoxy) is 1. The minimum absolute atomic E-state index is 0.0493. The maximum atomic E-state index is 14.9. The fourth-order valence-corrected chi connectivity index (χ4v) is 3.71. The molecule has 3 aromatic rings. The lowest BCUT2D eigenvalue weighted by atomic mass is 9.98. The molecule has 29 heavy (non-hydrogen) atoms. The lowest BCUT2D eigenvalue weighted by molar-refractivity contribution is -0.129. The van der Waals surface area contributed by atoms with Gasteiger partial charge in [0.15, 0.2) is 0 Å². The van der Waals surface area contributed by atoms with E-state index in [4.69, 9.17) is 9.84 Å². The van der Waals surface area contributed by atoms with Gasteiger partial charge in [0.25, 0.3) is 0 Å². The van der Waals surface area contributed by atoms with Crippen LogP contribution < -0.4 is 4.74 Å². The fourth-order valence-electron chi connectivity index (χ4n) is 3.71. The molecule has 0 radical (unpaired) electrons. The second-order valence-corrected chi connectivity index (χ2v) is 6.95. The van der Waals surface area contributed by atoms with Crippen molar-refractivity contribution < 1.29 is 13.9 Å². The molecule has 7 heteroatoms. The summed E-state index contributed by atoms with van der Waals surface area (Å²) in [6.07, 6.45) is 4.69. The van der Waals surface area contributed by atoms with E-state index >= 15 is 0 Å². The number of nitrogens with zero attached hydrogens (tertiary/aromatic N) is 4. The van der Waals surface area contributed by atoms with Crippen LogP contribution in [0.1, 0.15) is 12.6 Å². The third-order valence-corrected chi connectivity index (χ3v) is 5.21. The van der Waals surface area contributed by atoms with Crippen molar-refractivity contribution in [2.24, 2.45) is 0 Å². The Morgan fingerprint density at radius 2 is 2.07 bits per heavy atom. The molecule has 1 atom stereocenters. The van der Waals surface area contributed by atoms with E-state index in [9.17, 15) is 9.18 Å². The summed E-state index contributed by atoms with van der Waals surface area (Å²) < 4.78 is 21.9. The predicted molar refractivity (Wildman–Crippen MR) is 108 cm³/mol.